The van der Waals surface area contributed by atoms with Gasteiger partial charge in [0.05, 0.1) is 21.7 Å². The molecule has 0 aliphatic carbocycles. The highest BCUT2D eigenvalue weighted by molar-refractivity contribution is 9.10. The van der Waals surface area contributed by atoms with E-state index in [1.165, 1.54) is 0 Å². The molecule has 0 bridgehead atoms. The van der Waals surface area contributed by atoms with Gasteiger partial charge in [-0.25, -0.2) is 0 Å². The third-order valence-corrected chi connectivity index (χ3v) is 4.05. The summed E-state index contributed by atoms with van der Waals surface area (Å²) in [5, 5.41) is 13.5. The number of rotatable bonds is 1. The van der Waals surface area contributed by atoms with Crippen LogP contribution in [-0.4, -0.2) is 25.0 Å². The van der Waals surface area contributed by atoms with E-state index < -0.39 is 0 Å². The fourth-order valence-corrected chi connectivity index (χ4v) is 2.80. The molecule has 3 aromatic heterocycles. The third-order valence-electron chi connectivity index (χ3n) is 3.46. The van der Waals surface area contributed by atoms with Crippen molar-refractivity contribution in [2.24, 2.45) is 7.05 Å². The molecule has 21 heavy (non-hydrogen) atoms. The summed E-state index contributed by atoms with van der Waals surface area (Å²) in [7, 11) is 1.87. The minimum Gasteiger partial charge on any atom is -0.321 e. The zero-order valence-electron chi connectivity index (χ0n) is 11.0. The average molecular weight is 344 g/mol. The van der Waals surface area contributed by atoms with Crippen molar-refractivity contribution in [2.75, 3.05) is 0 Å². The Morgan fingerprint density at radius 2 is 2.10 bits per heavy atom. The molecule has 1 aromatic carbocycles. The Kier molecular flexibility index (Phi) is 2.52. The number of hydrogen-bond acceptors (Lipinski definition) is 3. The van der Waals surface area contributed by atoms with Crippen molar-refractivity contribution in [3.8, 4) is 11.3 Å². The van der Waals surface area contributed by atoms with Gasteiger partial charge in [-0.3, -0.25) is 14.6 Å². The van der Waals surface area contributed by atoms with Crippen LogP contribution in [0.3, 0.4) is 0 Å². The van der Waals surface area contributed by atoms with Crippen LogP contribution in [-0.2, 0) is 7.05 Å². The van der Waals surface area contributed by atoms with Crippen molar-refractivity contribution in [3.63, 3.8) is 0 Å². The highest BCUT2D eigenvalue weighted by atomic mass is 79.9. The molecule has 2 N–H and O–H groups in total. The number of aryl methyl sites for hydroxylation is 1. The largest absolute Gasteiger partial charge is 0.321 e. The smallest absolute Gasteiger partial charge is 0.262 e. The number of benzene rings is 1. The van der Waals surface area contributed by atoms with Crippen LogP contribution in [0.4, 0.5) is 0 Å². The molecule has 0 aliphatic heterocycles. The summed E-state index contributed by atoms with van der Waals surface area (Å²) >= 11 is 3.26. The SMILES string of the molecule is Cn1cc(-c2n[nH]c3cc4[nH]c(=O)c(Br)cc4cc23)cn1. The standard InChI is InChI=1S/C14H10BrN5O/c1-20-6-8(5-16-20)13-9-2-7-3-10(15)14(21)17-11(7)4-12(9)18-19-13/h2-6H,1H3,(H,17,21)(H,18,19). The van der Waals surface area contributed by atoms with Crippen LogP contribution in [0.25, 0.3) is 33.1 Å². The predicted octanol–water partition coefficient (Wildman–Crippen LogP) is 2.57. The van der Waals surface area contributed by atoms with E-state index in [1.54, 1.807) is 10.9 Å². The van der Waals surface area contributed by atoms with E-state index in [0.29, 0.717) is 4.47 Å². The summed E-state index contributed by atoms with van der Waals surface area (Å²) in [5.74, 6) is 0. The number of nitrogens with one attached hydrogen (secondary N) is 2. The van der Waals surface area contributed by atoms with Crippen molar-refractivity contribution in [3.05, 3.63) is 45.4 Å². The molecular weight excluding hydrogens is 334 g/mol. The molecule has 0 fully saturated rings. The number of fused-ring (bicyclic) bond motifs is 2. The van der Waals surface area contributed by atoms with Gasteiger partial charge in [0.25, 0.3) is 5.56 Å². The molecule has 0 spiro atoms. The van der Waals surface area contributed by atoms with Gasteiger partial charge in [-0.1, -0.05) is 0 Å². The lowest BCUT2D eigenvalue weighted by molar-refractivity contribution is 0.768. The molecule has 0 amide bonds. The lowest BCUT2D eigenvalue weighted by Crippen LogP contribution is -2.05. The van der Waals surface area contributed by atoms with Crippen molar-refractivity contribution in [2.45, 2.75) is 0 Å². The van der Waals surface area contributed by atoms with Gasteiger partial charge >= 0.3 is 0 Å². The van der Waals surface area contributed by atoms with Gasteiger partial charge in [-0.15, -0.1) is 0 Å². The predicted molar refractivity (Wildman–Crippen MR) is 84.1 cm³/mol. The Hall–Kier alpha value is -2.41. The molecule has 0 radical (unpaired) electrons. The second-order valence-electron chi connectivity index (χ2n) is 4.91. The maximum absolute atomic E-state index is 11.7. The van der Waals surface area contributed by atoms with Crippen LogP contribution in [0.2, 0.25) is 0 Å². The highest BCUT2D eigenvalue weighted by Gasteiger charge is 2.11. The molecule has 0 saturated carbocycles. The number of nitrogens with zero attached hydrogens (tertiary/aromatic N) is 3. The molecular formula is C14H10BrN5O. The van der Waals surface area contributed by atoms with E-state index >= 15 is 0 Å². The van der Waals surface area contributed by atoms with Gasteiger partial charge in [0.15, 0.2) is 0 Å². The van der Waals surface area contributed by atoms with E-state index in [0.717, 1.165) is 33.1 Å². The summed E-state index contributed by atoms with van der Waals surface area (Å²) in [6.45, 7) is 0. The van der Waals surface area contributed by atoms with Gasteiger partial charge < -0.3 is 4.98 Å². The number of pyridine rings is 1. The number of aromatic amines is 2. The van der Waals surface area contributed by atoms with Crippen LogP contribution in [0.5, 0.6) is 0 Å². The van der Waals surface area contributed by atoms with Crippen molar-refractivity contribution < 1.29 is 0 Å². The molecule has 0 atom stereocenters. The number of halogens is 1. The van der Waals surface area contributed by atoms with E-state index in [2.05, 4.69) is 36.2 Å². The second kappa shape index (κ2) is 4.29. The van der Waals surface area contributed by atoms with Crippen molar-refractivity contribution in [1.29, 1.82) is 0 Å². The summed E-state index contributed by atoms with van der Waals surface area (Å²) in [4.78, 5) is 14.5. The molecule has 104 valence electrons. The summed E-state index contributed by atoms with van der Waals surface area (Å²) in [6.07, 6.45) is 3.70. The first kappa shape index (κ1) is 12.3. The fraction of sp³-hybridized carbons (Fsp3) is 0.0714. The second-order valence-corrected chi connectivity index (χ2v) is 5.76. The summed E-state index contributed by atoms with van der Waals surface area (Å²) in [5.41, 5.74) is 3.30. The Labute approximate surface area is 126 Å². The topological polar surface area (TPSA) is 79.4 Å². The molecule has 6 nitrogen and oxygen atoms in total. The van der Waals surface area contributed by atoms with Crippen LogP contribution < -0.4 is 5.56 Å². The van der Waals surface area contributed by atoms with Gasteiger partial charge in [0, 0.05) is 29.6 Å². The molecule has 0 unspecified atom stereocenters. The minimum atomic E-state index is -0.145. The zero-order chi connectivity index (χ0) is 14.6. The van der Waals surface area contributed by atoms with Gasteiger partial charge in [-0.2, -0.15) is 10.2 Å². The lowest BCUT2D eigenvalue weighted by atomic mass is 10.1. The lowest BCUT2D eigenvalue weighted by Gasteiger charge is -2.00. The first-order valence-electron chi connectivity index (χ1n) is 6.31. The maximum Gasteiger partial charge on any atom is 0.262 e. The van der Waals surface area contributed by atoms with E-state index in [4.69, 9.17) is 0 Å². The third kappa shape index (κ3) is 1.89. The Bertz CT molecular complexity index is 1040. The van der Waals surface area contributed by atoms with E-state index in [-0.39, 0.29) is 5.56 Å². The van der Waals surface area contributed by atoms with Crippen LogP contribution in [0, 0.1) is 0 Å². The fourth-order valence-electron chi connectivity index (χ4n) is 2.46. The van der Waals surface area contributed by atoms with E-state index in [1.807, 2.05) is 31.4 Å². The van der Waals surface area contributed by atoms with Gasteiger partial charge in [0.2, 0.25) is 0 Å². The molecule has 4 rings (SSSR count). The number of H-pyrrole nitrogens is 2. The normalized spacial score (nSPS) is 11.5. The molecule has 0 aliphatic rings. The Morgan fingerprint density at radius 1 is 1.24 bits per heavy atom. The van der Waals surface area contributed by atoms with Gasteiger partial charge in [-0.05, 0) is 34.1 Å². The summed E-state index contributed by atoms with van der Waals surface area (Å²) in [6, 6.07) is 5.72. The van der Waals surface area contributed by atoms with Crippen molar-refractivity contribution in [1.82, 2.24) is 25.0 Å². The minimum absolute atomic E-state index is 0.145. The number of aromatic nitrogens is 5. The molecule has 0 saturated heterocycles. The molecule has 4 aromatic rings. The molecule has 3 heterocycles. The molecule has 7 heteroatoms. The highest BCUT2D eigenvalue weighted by Crippen LogP contribution is 2.29. The van der Waals surface area contributed by atoms with Crippen LogP contribution in [0.15, 0.2) is 39.9 Å². The quantitative estimate of drug-likeness (QED) is 0.557. The van der Waals surface area contributed by atoms with Crippen molar-refractivity contribution >= 4 is 37.7 Å². The van der Waals surface area contributed by atoms with Crippen LogP contribution >= 0.6 is 15.9 Å². The first-order chi connectivity index (χ1) is 10.1. The Balaban J connectivity index is 2.05. The Morgan fingerprint density at radius 3 is 2.86 bits per heavy atom. The maximum atomic E-state index is 11.7. The first-order valence-corrected chi connectivity index (χ1v) is 7.11. The monoisotopic (exact) mass is 343 g/mol. The van der Waals surface area contributed by atoms with E-state index in [9.17, 15) is 4.79 Å². The van der Waals surface area contributed by atoms with Gasteiger partial charge in [0.1, 0.15) is 5.69 Å². The number of hydrogen-bond donors (Lipinski definition) is 2. The average Bonchev–Trinajstić information content (AvgIpc) is 3.03. The zero-order valence-corrected chi connectivity index (χ0v) is 12.6. The summed E-state index contributed by atoms with van der Waals surface area (Å²) < 4.78 is 2.26. The van der Waals surface area contributed by atoms with Crippen LogP contribution in [0.1, 0.15) is 0 Å².